The second-order valence-electron chi connectivity index (χ2n) is 6.75. The number of allylic oxidation sites excluding steroid dienone is 1. The number of imidazole rings is 1. The minimum Gasteiger partial charge on any atom is -0.480 e. The number of hydrogen-bond donors (Lipinski definition) is 2. The molecule has 1 aromatic heterocycles. The summed E-state index contributed by atoms with van der Waals surface area (Å²) in [6.07, 6.45) is 6.05. The number of benzene rings is 2. The van der Waals surface area contributed by atoms with Gasteiger partial charge in [-0.15, -0.1) is 0 Å². The molecule has 0 amide bonds. The highest BCUT2D eigenvalue weighted by Crippen LogP contribution is 2.19. The molecule has 5 nitrogen and oxygen atoms in total. The Bertz CT molecular complexity index is 983. The number of rotatable bonds is 9. The van der Waals surface area contributed by atoms with Crippen molar-refractivity contribution in [3.05, 3.63) is 94.5 Å². The van der Waals surface area contributed by atoms with Crippen LogP contribution >= 0.6 is 11.6 Å². The van der Waals surface area contributed by atoms with E-state index in [0.29, 0.717) is 24.5 Å². The van der Waals surface area contributed by atoms with Crippen molar-refractivity contribution >= 4 is 23.6 Å². The summed E-state index contributed by atoms with van der Waals surface area (Å²) in [5, 5.41) is 13.5. The zero-order chi connectivity index (χ0) is 20.6. The van der Waals surface area contributed by atoms with E-state index in [0.717, 1.165) is 22.6 Å². The molecule has 0 aliphatic carbocycles. The van der Waals surface area contributed by atoms with Crippen molar-refractivity contribution in [1.29, 1.82) is 0 Å². The van der Waals surface area contributed by atoms with Crippen molar-refractivity contribution < 1.29 is 9.90 Å². The molecule has 150 valence electrons. The van der Waals surface area contributed by atoms with Gasteiger partial charge in [-0.05, 0) is 36.6 Å². The van der Waals surface area contributed by atoms with E-state index in [-0.39, 0.29) is 0 Å². The van der Waals surface area contributed by atoms with Gasteiger partial charge in [0.1, 0.15) is 11.9 Å². The van der Waals surface area contributed by atoms with E-state index >= 15 is 0 Å². The van der Waals surface area contributed by atoms with Crippen molar-refractivity contribution in [3.8, 4) is 0 Å². The molecule has 0 spiro atoms. The summed E-state index contributed by atoms with van der Waals surface area (Å²) >= 11 is 6.34. The lowest BCUT2D eigenvalue weighted by Crippen LogP contribution is -2.38. The average Bonchev–Trinajstić information content (AvgIpc) is 3.09. The molecule has 0 aliphatic rings. The van der Waals surface area contributed by atoms with Gasteiger partial charge in [0, 0.05) is 11.6 Å². The highest BCUT2D eigenvalue weighted by Gasteiger charge is 2.19. The maximum atomic E-state index is 11.7. The summed E-state index contributed by atoms with van der Waals surface area (Å²) in [5.74, 6) is -0.0705. The molecular weight excluding hydrogens is 386 g/mol. The Kier molecular flexibility index (Phi) is 7.22. The zero-order valence-corrected chi connectivity index (χ0v) is 17.0. The summed E-state index contributed by atoms with van der Waals surface area (Å²) in [6.45, 7) is 2.89. The standard InChI is InChI=1S/C23H24ClN3O2/c1-2-8-22-26-15-19(27(22)16-18-11-6-7-12-20(18)24)14-25-21(23(28)29)13-17-9-4-3-5-10-17/h2-12,15,21,25H,13-14,16H2,1H3,(H,28,29)/b8-2-. The van der Waals surface area contributed by atoms with Crippen molar-refractivity contribution in [1.82, 2.24) is 14.9 Å². The van der Waals surface area contributed by atoms with E-state index in [1.165, 1.54) is 0 Å². The van der Waals surface area contributed by atoms with Gasteiger partial charge in [-0.2, -0.15) is 0 Å². The Balaban J connectivity index is 1.79. The number of aromatic nitrogens is 2. The SMILES string of the molecule is C/C=C\c1ncc(CNC(Cc2ccccc2)C(=O)O)n1Cc1ccccc1Cl. The first-order valence-corrected chi connectivity index (χ1v) is 9.87. The Morgan fingerprint density at radius 1 is 1.21 bits per heavy atom. The third kappa shape index (κ3) is 5.56. The molecule has 1 unspecified atom stereocenters. The van der Waals surface area contributed by atoms with Crippen LogP contribution in [0.4, 0.5) is 0 Å². The Hall–Kier alpha value is -2.89. The summed E-state index contributed by atoms with van der Waals surface area (Å²) in [5.41, 5.74) is 2.86. The van der Waals surface area contributed by atoms with E-state index in [1.54, 1.807) is 6.20 Å². The van der Waals surface area contributed by atoms with Crippen LogP contribution in [0.2, 0.25) is 5.02 Å². The predicted molar refractivity (Wildman–Crippen MR) is 116 cm³/mol. The summed E-state index contributed by atoms with van der Waals surface area (Å²) in [6, 6.07) is 16.6. The Morgan fingerprint density at radius 3 is 2.62 bits per heavy atom. The summed E-state index contributed by atoms with van der Waals surface area (Å²) in [7, 11) is 0. The van der Waals surface area contributed by atoms with Crippen LogP contribution in [-0.2, 0) is 24.3 Å². The van der Waals surface area contributed by atoms with Crippen molar-refractivity contribution in [2.45, 2.75) is 32.5 Å². The first kappa shape index (κ1) is 20.8. The third-order valence-electron chi connectivity index (χ3n) is 4.68. The van der Waals surface area contributed by atoms with Crippen LogP contribution in [0, 0.1) is 0 Å². The molecule has 0 radical (unpaired) electrons. The molecule has 0 bridgehead atoms. The average molecular weight is 410 g/mol. The van der Waals surface area contributed by atoms with Crippen LogP contribution in [0.25, 0.3) is 6.08 Å². The first-order valence-electron chi connectivity index (χ1n) is 9.49. The largest absolute Gasteiger partial charge is 0.480 e. The number of carboxylic acid groups (broad SMARTS) is 1. The van der Waals surface area contributed by atoms with Gasteiger partial charge in [-0.1, -0.05) is 66.2 Å². The van der Waals surface area contributed by atoms with Gasteiger partial charge in [-0.25, -0.2) is 4.98 Å². The molecule has 2 aromatic carbocycles. The van der Waals surface area contributed by atoms with Crippen LogP contribution in [0.1, 0.15) is 29.6 Å². The van der Waals surface area contributed by atoms with Crippen molar-refractivity contribution in [3.63, 3.8) is 0 Å². The molecule has 0 fully saturated rings. The normalized spacial score (nSPS) is 12.3. The van der Waals surface area contributed by atoms with Gasteiger partial charge in [0.2, 0.25) is 0 Å². The topological polar surface area (TPSA) is 67.2 Å². The number of nitrogens with one attached hydrogen (secondary N) is 1. The molecule has 0 saturated heterocycles. The van der Waals surface area contributed by atoms with Gasteiger partial charge < -0.3 is 9.67 Å². The fraction of sp³-hybridized carbons (Fsp3) is 0.217. The number of hydrogen-bond acceptors (Lipinski definition) is 3. The minimum atomic E-state index is -0.875. The number of aliphatic carboxylic acids is 1. The molecule has 3 rings (SSSR count). The van der Waals surface area contributed by atoms with E-state index in [1.807, 2.05) is 73.7 Å². The predicted octanol–water partition coefficient (Wildman–Crippen LogP) is 4.40. The van der Waals surface area contributed by atoms with E-state index < -0.39 is 12.0 Å². The smallest absolute Gasteiger partial charge is 0.321 e. The molecule has 3 aromatic rings. The lowest BCUT2D eigenvalue weighted by Gasteiger charge is -2.16. The van der Waals surface area contributed by atoms with Gasteiger partial charge in [0.25, 0.3) is 0 Å². The fourth-order valence-corrected chi connectivity index (χ4v) is 3.35. The second kappa shape index (κ2) is 10.0. The highest BCUT2D eigenvalue weighted by atomic mass is 35.5. The third-order valence-corrected chi connectivity index (χ3v) is 5.05. The van der Waals surface area contributed by atoms with E-state index in [9.17, 15) is 9.90 Å². The van der Waals surface area contributed by atoms with Crippen LogP contribution in [-0.4, -0.2) is 26.7 Å². The van der Waals surface area contributed by atoms with Crippen LogP contribution in [0.15, 0.2) is 66.9 Å². The molecule has 2 N–H and O–H groups in total. The second-order valence-corrected chi connectivity index (χ2v) is 7.15. The number of carbonyl (C=O) groups is 1. The van der Waals surface area contributed by atoms with Crippen LogP contribution in [0.5, 0.6) is 0 Å². The Morgan fingerprint density at radius 2 is 1.93 bits per heavy atom. The first-order chi connectivity index (χ1) is 14.1. The lowest BCUT2D eigenvalue weighted by atomic mass is 10.1. The van der Waals surface area contributed by atoms with E-state index in [4.69, 9.17) is 11.6 Å². The van der Waals surface area contributed by atoms with Crippen LogP contribution < -0.4 is 5.32 Å². The van der Waals surface area contributed by atoms with Crippen LogP contribution in [0.3, 0.4) is 0 Å². The molecule has 0 aliphatic heterocycles. The van der Waals surface area contributed by atoms with E-state index in [2.05, 4.69) is 14.9 Å². The van der Waals surface area contributed by atoms with Gasteiger partial charge in [0.15, 0.2) is 0 Å². The number of halogens is 1. The van der Waals surface area contributed by atoms with Gasteiger partial charge in [-0.3, -0.25) is 10.1 Å². The monoisotopic (exact) mass is 409 g/mol. The van der Waals surface area contributed by atoms with Crippen molar-refractivity contribution in [2.75, 3.05) is 0 Å². The zero-order valence-electron chi connectivity index (χ0n) is 16.3. The maximum Gasteiger partial charge on any atom is 0.321 e. The molecular formula is C23H24ClN3O2. The number of carboxylic acids is 1. The summed E-state index contributed by atoms with van der Waals surface area (Å²) < 4.78 is 2.05. The molecule has 0 saturated carbocycles. The molecule has 29 heavy (non-hydrogen) atoms. The van der Waals surface area contributed by atoms with Crippen molar-refractivity contribution in [2.24, 2.45) is 0 Å². The maximum absolute atomic E-state index is 11.7. The summed E-state index contributed by atoms with van der Waals surface area (Å²) in [4.78, 5) is 16.2. The van der Waals surface area contributed by atoms with Gasteiger partial charge in [0.05, 0.1) is 18.4 Å². The quantitative estimate of drug-likeness (QED) is 0.549. The minimum absolute atomic E-state index is 0.388. The number of nitrogens with zero attached hydrogens (tertiary/aromatic N) is 2. The molecule has 1 heterocycles. The molecule has 6 heteroatoms. The highest BCUT2D eigenvalue weighted by molar-refractivity contribution is 6.31. The lowest BCUT2D eigenvalue weighted by molar-refractivity contribution is -0.139. The molecule has 1 atom stereocenters. The Labute approximate surface area is 175 Å². The van der Waals surface area contributed by atoms with Gasteiger partial charge >= 0.3 is 5.97 Å². The fourth-order valence-electron chi connectivity index (χ4n) is 3.15.